The lowest BCUT2D eigenvalue weighted by atomic mass is 10.0. The number of hydrogen-bond donors (Lipinski definition) is 0. The lowest BCUT2D eigenvalue weighted by molar-refractivity contribution is 0.483. The Morgan fingerprint density at radius 1 is 0.886 bits per heavy atom. The molecule has 0 radical (unpaired) electrons. The fourth-order valence-electron chi connectivity index (χ4n) is 4.39. The third kappa shape index (κ3) is 4.51. The predicted octanol–water partition coefficient (Wildman–Crippen LogP) is 7.67. The molecule has 0 N–H and O–H groups in total. The minimum absolute atomic E-state index is 0.599. The van der Waals surface area contributed by atoms with Crippen molar-refractivity contribution in [3.8, 4) is 22.6 Å². The SMILES string of the molecule is [C-]#[N+]c1ccc(Oc2ccccc2)cc1-c1ccc(Cn2c(CC)nc3c(C)cc(C)nc32)cc1. The number of benzene rings is 3. The van der Waals surface area contributed by atoms with Crippen LogP contribution in [0.15, 0.2) is 78.9 Å². The topological polar surface area (TPSA) is 44.3 Å². The first-order valence-corrected chi connectivity index (χ1v) is 11.7. The van der Waals surface area contributed by atoms with Crippen LogP contribution in [-0.4, -0.2) is 14.5 Å². The summed E-state index contributed by atoms with van der Waals surface area (Å²) in [6, 6.07) is 25.7. The Bertz CT molecular complexity index is 1540. The van der Waals surface area contributed by atoms with Crippen LogP contribution in [0, 0.1) is 20.4 Å². The van der Waals surface area contributed by atoms with Gasteiger partial charge in [-0.05, 0) is 66.4 Å². The van der Waals surface area contributed by atoms with Gasteiger partial charge in [0, 0.05) is 12.1 Å². The second-order valence-electron chi connectivity index (χ2n) is 8.62. The average molecular weight is 459 g/mol. The lowest BCUT2D eigenvalue weighted by Gasteiger charge is -2.12. The molecule has 0 atom stereocenters. The van der Waals surface area contributed by atoms with E-state index in [0.717, 1.165) is 57.1 Å². The highest BCUT2D eigenvalue weighted by Crippen LogP contribution is 2.35. The Balaban J connectivity index is 1.46. The summed E-state index contributed by atoms with van der Waals surface area (Å²) in [5.74, 6) is 2.51. The second-order valence-corrected chi connectivity index (χ2v) is 8.62. The van der Waals surface area contributed by atoms with Gasteiger partial charge in [-0.2, -0.15) is 0 Å². The molecular formula is C30H26N4O. The summed E-state index contributed by atoms with van der Waals surface area (Å²) in [6.07, 6.45) is 0.843. The van der Waals surface area contributed by atoms with Crippen molar-refractivity contribution in [2.24, 2.45) is 0 Å². The van der Waals surface area contributed by atoms with E-state index in [4.69, 9.17) is 21.3 Å². The number of fused-ring (bicyclic) bond motifs is 1. The van der Waals surface area contributed by atoms with Crippen molar-refractivity contribution in [3.05, 3.63) is 113 Å². The van der Waals surface area contributed by atoms with Gasteiger partial charge in [0.1, 0.15) is 22.8 Å². The molecule has 0 saturated heterocycles. The zero-order chi connectivity index (χ0) is 24.4. The van der Waals surface area contributed by atoms with Crippen LogP contribution in [-0.2, 0) is 13.0 Å². The number of hydrogen-bond acceptors (Lipinski definition) is 3. The molecule has 0 unspecified atom stereocenters. The van der Waals surface area contributed by atoms with Gasteiger partial charge in [-0.25, -0.2) is 14.8 Å². The number of pyridine rings is 1. The standard InChI is InChI=1S/C30H26N4O/c1-5-28-33-29-20(2)17-21(3)32-30(29)34(28)19-22-11-13-23(14-12-22)26-18-25(15-16-27(26)31-4)35-24-9-7-6-8-10-24/h6-18H,5,19H2,1-3H3. The summed E-state index contributed by atoms with van der Waals surface area (Å²) in [4.78, 5) is 13.4. The van der Waals surface area contributed by atoms with Gasteiger partial charge in [0.15, 0.2) is 11.3 Å². The molecule has 0 fully saturated rings. The van der Waals surface area contributed by atoms with Crippen molar-refractivity contribution >= 4 is 16.9 Å². The Morgan fingerprint density at radius 3 is 2.37 bits per heavy atom. The quantitative estimate of drug-likeness (QED) is 0.245. The highest BCUT2D eigenvalue weighted by Gasteiger charge is 2.14. The molecule has 0 amide bonds. The first kappa shape index (κ1) is 22.4. The largest absolute Gasteiger partial charge is 0.457 e. The fraction of sp³-hybridized carbons (Fsp3) is 0.167. The minimum Gasteiger partial charge on any atom is -0.457 e. The summed E-state index contributed by atoms with van der Waals surface area (Å²) in [5.41, 5.74) is 7.65. The van der Waals surface area contributed by atoms with E-state index in [0.29, 0.717) is 18.0 Å². The van der Waals surface area contributed by atoms with Crippen molar-refractivity contribution in [1.29, 1.82) is 0 Å². The van der Waals surface area contributed by atoms with Crippen molar-refractivity contribution in [2.45, 2.75) is 33.7 Å². The Hall–Kier alpha value is -4.43. The first-order chi connectivity index (χ1) is 17.1. The lowest BCUT2D eigenvalue weighted by Crippen LogP contribution is -2.05. The van der Waals surface area contributed by atoms with Crippen LogP contribution >= 0.6 is 0 Å². The molecule has 0 saturated carbocycles. The molecule has 0 bridgehead atoms. The summed E-state index contributed by atoms with van der Waals surface area (Å²) in [6.45, 7) is 14.6. The molecule has 0 aliphatic heterocycles. The van der Waals surface area contributed by atoms with Crippen molar-refractivity contribution in [2.75, 3.05) is 0 Å². The third-order valence-electron chi connectivity index (χ3n) is 6.09. The molecule has 0 aliphatic rings. The van der Waals surface area contributed by atoms with E-state index in [1.165, 1.54) is 0 Å². The van der Waals surface area contributed by atoms with Crippen LogP contribution in [0.1, 0.15) is 29.6 Å². The maximum absolute atomic E-state index is 7.62. The van der Waals surface area contributed by atoms with Gasteiger partial charge in [0.05, 0.1) is 13.1 Å². The van der Waals surface area contributed by atoms with Crippen molar-refractivity contribution in [1.82, 2.24) is 14.5 Å². The highest BCUT2D eigenvalue weighted by molar-refractivity contribution is 5.80. The number of aromatic nitrogens is 3. The molecule has 35 heavy (non-hydrogen) atoms. The van der Waals surface area contributed by atoms with E-state index in [1.807, 2.05) is 55.5 Å². The molecule has 2 heterocycles. The number of nitrogens with zero attached hydrogens (tertiary/aromatic N) is 4. The molecule has 5 nitrogen and oxygen atoms in total. The predicted molar refractivity (Wildman–Crippen MR) is 140 cm³/mol. The third-order valence-corrected chi connectivity index (χ3v) is 6.09. The van der Waals surface area contributed by atoms with E-state index < -0.39 is 0 Å². The van der Waals surface area contributed by atoms with E-state index >= 15 is 0 Å². The smallest absolute Gasteiger partial charge is 0.195 e. The Morgan fingerprint density at radius 2 is 1.66 bits per heavy atom. The van der Waals surface area contributed by atoms with Gasteiger partial charge in [-0.3, -0.25) is 0 Å². The van der Waals surface area contributed by atoms with E-state index in [-0.39, 0.29) is 0 Å². The molecule has 0 spiro atoms. The molecule has 5 heteroatoms. The molecule has 0 aliphatic carbocycles. The number of ether oxygens (including phenoxy) is 1. The molecular weight excluding hydrogens is 432 g/mol. The summed E-state index contributed by atoms with van der Waals surface area (Å²) in [5, 5.41) is 0. The number of para-hydroxylation sites is 1. The summed E-state index contributed by atoms with van der Waals surface area (Å²) < 4.78 is 8.21. The van der Waals surface area contributed by atoms with Gasteiger partial charge in [0.2, 0.25) is 0 Å². The number of imidazole rings is 1. The molecule has 172 valence electrons. The van der Waals surface area contributed by atoms with Crippen LogP contribution < -0.4 is 4.74 Å². The van der Waals surface area contributed by atoms with Gasteiger partial charge < -0.3 is 9.30 Å². The maximum Gasteiger partial charge on any atom is 0.195 e. The van der Waals surface area contributed by atoms with Gasteiger partial charge in [0.25, 0.3) is 0 Å². The molecule has 3 aromatic carbocycles. The zero-order valence-corrected chi connectivity index (χ0v) is 20.1. The van der Waals surface area contributed by atoms with Crippen molar-refractivity contribution < 1.29 is 4.74 Å². The maximum atomic E-state index is 7.62. The normalized spacial score (nSPS) is 10.9. The van der Waals surface area contributed by atoms with E-state index in [2.05, 4.69) is 53.6 Å². The van der Waals surface area contributed by atoms with Crippen LogP contribution in [0.2, 0.25) is 0 Å². The number of aryl methyl sites for hydroxylation is 3. The van der Waals surface area contributed by atoms with E-state index in [9.17, 15) is 0 Å². The van der Waals surface area contributed by atoms with Crippen LogP contribution in [0.3, 0.4) is 0 Å². The summed E-state index contributed by atoms with van der Waals surface area (Å²) >= 11 is 0. The number of rotatable bonds is 6. The Labute approximate surface area is 205 Å². The van der Waals surface area contributed by atoms with Gasteiger partial charge in [-0.1, -0.05) is 55.5 Å². The zero-order valence-electron chi connectivity index (χ0n) is 20.1. The monoisotopic (exact) mass is 458 g/mol. The van der Waals surface area contributed by atoms with Crippen LogP contribution in [0.25, 0.3) is 27.1 Å². The molecule has 5 aromatic rings. The highest BCUT2D eigenvalue weighted by atomic mass is 16.5. The minimum atomic E-state index is 0.599. The molecule has 2 aromatic heterocycles. The average Bonchev–Trinajstić information content (AvgIpc) is 3.22. The molecule has 5 rings (SSSR count). The van der Waals surface area contributed by atoms with Crippen molar-refractivity contribution in [3.63, 3.8) is 0 Å². The van der Waals surface area contributed by atoms with Gasteiger partial charge in [-0.15, -0.1) is 0 Å². The van der Waals surface area contributed by atoms with Crippen LogP contribution in [0.5, 0.6) is 11.5 Å². The second kappa shape index (κ2) is 9.44. The van der Waals surface area contributed by atoms with Crippen LogP contribution in [0.4, 0.5) is 5.69 Å². The fourth-order valence-corrected chi connectivity index (χ4v) is 4.39. The summed E-state index contributed by atoms with van der Waals surface area (Å²) in [7, 11) is 0. The van der Waals surface area contributed by atoms with E-state index in [1.54, 1.807) is 0 Å². The Kier molecular flexibility index (Phi) is 6.03. The first-order valence-electron chi connectivity index (χ1n) is 11.7. The van der Waals surface area contributed by atoms with Gasteiger partial charge >= 0.3 is 0 Å².